The Balaban J connectivity index is 1.79. The van der Waals surface area contributed by atoms with Gasteiger partial charge in [-0.2, -0.15) is 13.2 Å². The van der Waals surface area contributed by atoms with Crippen LogP contribution in [0.25, 0.3) is 16.2 Å². The number of halogens is 3. The summed E-state index contributed by atoms with van der Waals surface area (Å²) < 4.78 is 57.2. The fourth-order valence-corrected chi connectivity index (χ4v) is 4.51. The minimum Gasteiger partial charge on any atom is -0.497 e. The van der Waals surface area contributed by atoms with Gasteiger partial charge in [-0.3, -0.25) is 9.59 Å². The SMILES string of the molecule is COc1ccc2c(Oc3ccc(/C=C/OC=O)cc3)c(C(=O)c3ccccc3C(F)(F)F)sc2c1. The van der Waals surface area contributed by atoms with Crippen molar-refractivity contribution in [1.29, 1.82) is 0 Å². The van der Waals surface area contributed by atoms with Gasteiger partial charge in [0.2, 0.25) is 5.78 Å². The van der Waals surface area contributed by atoms with Crippen LogP contribution >= 0.6 is 11.3 Å². The molecule has 0 spiro atoms. The van der Waals surface area contributed by atoms with Crippen LogP contribution in [0.5, 0.6) is 17.2 Å². The van der Waals surface area contributed by atoms with Crippen LogP contribution in [0.2, 0.25) is 0 Å². The maximum Gasteiger partial charge on any atom is 0.417 e. The van der Waals surface area contributed by atoms with Crippen LogP contribution in [-0.4, -0.2) is 19.4 Å². The van der Waals surface area contributed by atoms with E-state index in [1.807, 2.05) is 0 Å². The fraction of sp³-hybridized carbons (Fsp3) is 0.0769. The number of methoxy groups -OCH3 is 1. The first-order valence-electron chi connectivity index (χ1n) is 10.2. The number of thiophene rings is 1. The molecule has 4 aromatic rings. The van der Waals surface area contributed by atoms with E-state index in [0.29, 0.717) is 28.1 Å². The zero-order chi connectivity index (χ0) is 25.0. The van der Waals surface area contributed by atoms with E-state index in [1.165, 1.54) is 25.5 Å². The molecule has 178 valence electrons. The van der Waals surface area contributed by atoms with Crippen LogP contribution in [0, 0.1) is 0 Å². The molecule has 0 fully saturated rings. The molecule has 1 aromatic heterocycles. The molecule has 0 unspecified atom stereocenters. The van der Waals surface area contributed by atoms with Crippen molar-refractivity contribution in [2.45, 2.75) is 6.18 Å². The molecule has 0 aliphatic rings. The van der Waals surface area contributed by atoms with Crippen LogP contribution in [0.1, 0.15) is 26.4 Å². The summed E-state index contributed by atoms with van der Waals surface area (Å²) in [5.74, 6) is 0.265. The summed E-state index contributed by atoms with van der Waals surface area (Å²) in [4.78, 5) is 23.7. The predicted octanol–water partition coefficient (Wildman–Crippen LogP) is 7.10. The maximum absolute atomic E-state index is 13.6. The molecule has 3 aromatic carbocycles. The van der Waals surface area contributed by atoms with E-state index < -0.39 is 23.1 Å². The van der Waals surface area contributed by atoms with Crippen molar-refractivity contribution in [2.75, 3.05) is 7.11 Å². The largest absolute Gasteiger partial charge is 0.497 e. The van der Waals surface area contributed by atoms with Gasteiger partial charge in [-0.1, -0.05) is 30.3 Å². The molecular formula is C26H17F3O5S. The maximum atomic E-state index is 13.6. The van der Waals surface area contributed by atoms with Crippen LogP contribution in [0.4, 0.5) is 13.2 Å². The van der Waals surface area contributed by atoms with Crippen molar-refractivity contribution >= 4 is 39.8 Å². The average molecular weight is 498 g/mol. The molecule has 0 aliphatic carbocycles. The molecule has 0 atom stereocenters. The average Bonchev–Trinajstić information content (AvgIpc) is 3.21. The number of rotatable bonds is 8. The number of hydrogen-bond acceptors (Lipinski definition) is 6. The van der Waals surface area contributed by atoms with Gasteiger partial charge in [0.15, 0.2) is 5.75 Å². The molecule has 9 heteroatoms. The summed E-state index contributed by atoms with van der Waals surface area (Å²) in [5, 5.41) is 0.562. The third kappa shape index (κ3) is 5.20. The Bertz CT molecular complexity index is 1410. The van der Waals surface area contributed by atoms with Gasteiger partial charge in [0.05, 0.1) is 18.9 Å². The number of alkyl halides is 3. The minimum absolute atomic E-state index is 0.0355. The van der Waals surface area contributed by atoms with Crippen molar-refractivity contribution in [3.8, 4) is 17.2 Å². The normalized spacial score (nSPS) is 11.5. The summed E-state index contributed by atoms with van der Waals surface area (Å²) >= 11 is 1.03. The van der Waals surface area contributed by atoms with Gasteiger partial charge in [-0.15, -0.1) is 11.3 Å². The Hall–Kier alpha value is -4.11. The van der Waals surface area contributed by atoms with Crippen LogP contribution < -0.4 is 9.47 Å². The predicted molar refractivity (Wildman–Crippen MR) is 126 cm³/mol. The van der Waals surface area contributed by atoms with Crippen molar-refractivity contribution in [1.82, 2.24) is 0 Å². The van der Waals surface area contributed by atoms with Gasteiger partial charge in [-0.25, -0.2) is 0 Å². The van der Waals surface area contributed by atoms with E-state index in [1.54, 1.807) is 48.5 Å². The van der Waals surface area contributed by atoms with Crippen LogP contribution in [0.3, 0.4) is 0 Å². The zero-order valence-electron chi connectivity index (χ0n) is 18.2. The first-order chi connectivity index (χ1) is 16.8. The summed E-state index contributed by atoms with van der Waals surface area (Å²) in [6.07, 6.45) is -1.91. The number of hydrogen-bond donors (Lipinski definition) is 0. The Kier molecular flexibility index (Phi) is 6.88. The second-order valence-electron chi connectivity index (χ2n) is 7.20. The van der Waals surface area contributed by atoms with E-state index in [9.17, 15) is 22.8 Å². The third-order valence-electron chi connectivity index (χ3n) is 5.03. The summed E-state index contributed by atoms with van der Waals surface area (Å²) in [5.41, 5.74) is -0.756. The van der Waals surface area contributed by atoms with Gasteiger partial charge in [0.25, 0.3) is 6.47 Å². The summed E-state index contributed by atoms with van der Waals surface area (Å²) in [6.45, 7) is 0.292. The zero-order valence-corrected chi connectivity index (χ0v) is 19.0. The van der Waals surface area contributed by atoms with Crippen molar-refractivity contribution < 1.29 is 37.0 Å². The molecule has 0 saturated carbocycles. The number of ether oxygens (including phenoxy) is 3. The number of fused-ring (bicyclic) bond motifs is 1. The second-order valence-corrected chi connectivity index (χ2v) is 8.25. The number of ketones is 1. The molecule has 4 rings (SSSR count). The van der Waals surface area contributed by atoms with Crippen molar-refractivity contribution in [3.05, 3.63) is 94.6 Å². The molecule has 1 heterocycles. The molecule has 0 N–H and O–H groups in total. The van der Waals surface area contributed by atoms with E-state index in [4.69, 9.17) is 9.47 Å². The first kappa shape index (κ1) is 24.0. The van der Waals surface area contributed by atoms with Gasteiger partial charge in [-0.05, 0) is 48.0 Å². The highest BCUT2D eigenvalue weighted by atomic mass is 32.1. The smallest absolute Gasteiger partial charge is 0.417 e. The number of carbonyl (C=O) groups is 2. The Morgan fingerprint density at radius 2 is 1.69 bits per heavy atom. The molecule has 0 bridgehead atoms. The molecule has 0 saturated heterocycles. The Morgan fingerprint density at radius 3 is 2.37 bits per heavy atom. The van der Waals surface area contributed by atoms with Gasteiger partial charge >= 0.3 is 6.18 Å². The monoisotopic (exact) mass is 498 g/mol. The topological polar surface area (TPSA) is 61.8 Å². The minimum atomic E-state index is -4.69. The Morgan fingerprint density at radius 1 is 0.971 bits per heavy atom. The fourth-order valence-electron chi connectivity index (χ4n) is 3.40. The van der Waals surface area contributed by atoms with E-state index in [0.717, 1.165) is 29.0 Å². The quantitative estimate of drug-likeness (QED) is 0.147. The van der Waals surface area contributed by atoms with Crippen molar-refractivity contribution in [2.24, 2.45) is 0 Å². The van der Waals surface area contributed by atoms with Crippen LogP contribution in [-0.2, 0) is 15.7 Å². The van der Waals surface area contributed by atoms with Crippen LogP contribution in [0.15, 0.2) is 73.0 Å². The standard InChI is InChI=1S/C26H17F3O5S/c1-32-18-10-11-20-22(14-18)35-25(23(31)19-4-2-3-5-21(19)26(27,28)29)24(20)34-17-8-6-16(7-9-17)12-13-33-15-30/h2-15H,1H3/b13-12+. The Labute approximate surface area is 202 Å². The lowest BCUT2D eigenvalue weighted by Crippen LogP contribution is -2.13. The number of benzene rings is 3. The molecular weight excluding hydrogens is 481 g/mol. The van der Waals surface area contributed by atoms with Crippen molar-refractivity contribution in [3.63, 3.8) is 0 Å². The van der Waals surface area contributed by atoms with Gasteiger partial charge < -0.3 is 14.2 Å². The second kappa shape index (κ2) is 10.0. The molecule has 0 radical (unpaired) electrons. The number of carbonyl (C=O) groups excluding carboxylic acids is 2. The highest BCUT2D eigenvalue weighted by Gasteiger charge is 2.36. The summed E-state index contributed by atoms with van der Waals surface area (Å²) in [6, 6.07) is 16.4. The lowest BCUT2D eigenvalue weighted by atomic mass is 10.0. The van der Waals surface area contributed by atoms with E-state index in [2.05, 4.69) is 4.74 Å². The van der Waals surface area contributed by atoms with E-state index in [-0.39, 0.29) is 10.6 Å². The van der Waals surface area contributed by atoms with Gasteiger partial charge in [0.1, 0.15) is 16.4 Å². The van der Waals surface area contributed by atoms with E-state index >= 15 is 0 Å². The summed E-state index contributed by atoms with van der Waals surface area (Å²) in [7, 11) is 1.49. The molecule has 5 nitrogen and oxygen atoms in total. The first-order valence-corrected chi connectivity index (χ1v) is 11.0. The molecule has 35 heavy (non-hydrogen) atoms. The highest BCUT2D eigenvalue weighted by Crippen LogP contribution is 2.44. The van der Waals surface area contributed by atoms with Gasteiger partial charge in [0, 0.05) is 15.6 Å². The third-order valence-corrected chi connectivity index (χ3v) is 6.16. The lowest BCUT2D eigenvalue weighted by molar-refractivity contribution is -0.137. The molecule has 0 aliphatic heterocycles. The highest BCUT2D eigenvalue weighted by molar-refractivity contribution is 7.21. The lowest BCUT2D eigenvalue weighted by Gasteiger charge is -2.12. The molecule has 0 amide bonds.